The minimum Gasteiger partial charge on any atom is -0.457 e. The molecule has 3 aromatic carbocycles. The number of ether oxygens (including phenoxy) is 1. The van der Waals surface area contributed by atoms with Gasteiger partial charge in [-0.15, -0.1) is 0 Å². The van der Waals surface area contributed by atoms with Crippen LogP contribution < -0.4 is 15.0 Å². The number of nitrogens with one attached hydrogen (secondary N) is 1. The smallest absolute Gasteiger partial charge is 0.333 e. The molecule has 1 N–H and O–H groups in total. The van der Waals surface area contributed by atoms with Crippen molar-refractivity contribution >= 4 is 23.7 Å². The summed E-state index contributed by atoms with van der Waals surface area (Å²) in [6, 6.07) is 24.0. The number of hydrogen-bond acceptors (Lipinski definition) is 4. The molecule has 0 atom stereocenters. The van der Waals surface area contributed by atoms with E-state index in [1.807, 2.05) is 42.5 Å². The summed E-state index contributed by atoms with van der Waals surface area (Å²) < 4.78 is 5.78. The molecule has 2 heterocycles. The fourth-order valence-electron chi connectivity index (χ4n) is 4.14. The number of hydrogen-bond donors (Lipinski definition) is 1. The third-order valence-electron chi connectivity index (χ3n) is 5.85. The monoisotopic (exact) mass is 439 g/mol. The number of urea groups is 1. The van der Waals surface area contributed by atoms with Gasteiger partial charge in [-0.05, 0) is 79.5 Å². The van der Waals surface area contributed by atoms with Gasteiger partial charge >= 0.3 is 6.03 Å². The minimum absolute atomic E-state index is 0.261. The number of anilines is 1. The first kappa shape index (κ1) is 21.0. The second-order valence-corrected chi connectivity index (χ2v) is 8.26. The number of nitrogens with zero attached hydrogens (tertiary/aromatic N) is 2. The number of likely N-dealkylation sites (tertiary alicyclic amines) is 1. The van der Waals surface area contributed by atoms with Gasteiger partial charge in [-0.1, -0.05) is 42.5 Å². The van der Waals surface area contributed by atoms with Crippen molar-refractivity contribution in [1.29, 1.82) is 0 Å². The number of carbonyl (C=O) groups is 2. The van der Waals surface area contributed by atoms with Crippen LogP contribution in [0.3, 0.4) is 0 Å². The highest BCUT2D eigenvalue weighted by Gasteiger charge is 2.34. The van der Waals surface area contributed by atoms with Crippen LogP contribution in [0.2, 0.25) is 0 Å². The third kappa shape index (κ3) is 4.81. The molecule has 0 bridgehead atoms. The maximum atomic E-state index is 12.9. The topological polar surface area (TPSA) is 61.9 Å². The number of para-hydroxylation sites is 1. The summed E-state index contributed by atoms with van der Waals surface area (Å²) >= 11 is 0. The van der Waals surface area contributed by atoms with Crippen molar-refractivity contribution in [3.05, 3.63) is 95.7 Å². The average Bonchev–Trinajstić information content (AvgIpc) is 3.44. The zero-order valence-electron chi connectivity index (χ0n) is 18.2. The Morgan fingerprint density at radius 3 is 2.18 bits per heavy atom. The fraction of sp³-hybridized carbons (Fsp3) is 0.185. The average molecular weight is 440 g/mol. The molecule has 2 fully saturated rings. The van der Waals surface area contributed by atoms with Gasteiger partial charge in [-0.2, -0.15) is 0 Å². The zero-order chi connectivity index (χ0) is 22.6. The van der Waals surface area contributed by atoms with Gasteiger partial charge in [0.2, 0.25) is 0 Å². The number of benzene rings is 3. The van der Waals surface area contributed by atoms with Crippen LogP contribution in [-0.2, 0) is 11.3 Å². The van der Waals surface area contributed by atoms with Crippen LogP contribution in [0.1, 0.15) is 24.0 Å². The fourth-order valence-corrected chi connectivity index (χ4v) is 4.14. The van der Waals surface area contributed by atoms with Crippen LogP contribution in [0.5, 0.6) is 11.5 Å². The molecule has 0 saturated carbocycles. The first-order valence-electron chi connectivity index (χ1n) is 11.2. The highest BCUT2D eigenvalue weighted by molar-refractivity contribution is 6.28. The van der Waals surface area contributed by atoms with Crippen molar-refractivity contribution in [2.75, 3.05) is 18.0 Å². The molecule has 0 unspecified atom stereocenters. The second-order valence-electron chi connectivity index (χ2n) is 8.26. The van der Waals surface area contributed by atoms with Crippen molar-refractivity contribution in [2.45, 2.75) is 19.4 Å². The molecule has 3 aromatic rings. The second kappa shape index (κ2) is 9.30. The molecule has 2 aliphatic rings. The van der Waals surface area contributed by atoms with E-state index in [1.54, 1.807) is 30.3 Å². The first-order chi connectivity index (χ1) is 16.2. The van der Waals surface area contributed by atoms with Crippen molar-refractivity contribution in [3.8, 4) is 11.5 Å². The summed E-state index contributed by atoms with van der Waals surface area (Å²) in [6.45, 7) is 3.26. The van der Waals surface area contributed by atoms with Gasteiger partial charge in [-0.3, -0.25) is 9.69 Å². The SMILES string of the molecule is O=C1N/C(=C/c2ccc(CN3CCCC3)cc2)C(=O)N1c1ccc(Oc2ccccc2)cc1. The van der Waals surface area contributed by atoms with Gasteiger partial charge in [0, 0.05) is 6.54 Å². The molecule has 33 heavy (non-hydrogen) atoms. The number of carbonyl (C=O) groups excluding carboxylic acids is 2. The van der Waals surface area contributed by atoms with Gasteiger partial charge in [0.05, 0.1) is 5.69 Å². The van der Waals surface area contributed by atoms with Crippen LogP contribution in [0, 0.1) is 0 Å². The largest absolute Gasteiger partial charge is 0.457 e. The molecule has 2 saturated heterocycles. The Morgan fingerprint density at radius 1 is 0.818 bits per heavy atom. The van der Waals surface area contributed by atoms with Gasteiger partial charge in [-0.25, -0.2) is 9.69 Å². The van der Waals surface area contributed by atoms with E-state index in [9.17, 15) is 9.59 Å². The molecule has 3 amide bonds. The van der Waals surface area contributed by atoms with E-state index in [4.69, 9.17) is 4.74 Å². The lowest BCUT2D eigenvalue weighted by molar-refractivity contribution is -0.113. The van der Waals surface area contributed by atoms with Gasteiger partial charge in [0.1, 0.15) is 17.2 Å². The number of rotatable bonds is 6. The number of imide groups is 1. The van der Waals surface area contributed by atoms with Crippen molar-refractivity contribution in [2.24, 2.45) is 0 Å². The summed E-state index contributed by atoms with van der Waals surface area (Å²) in [6.07, 6.45) is 4.25. The van der Waals surface area contributed by atoms with Crippen molar-refractivity contribution in [3.63, 3.8) is 0 Å². The molecule has 6 heteroatoms. The number of amides is 3. The van der Waals surface area contributed by atoms with E-state index in [-0.39, 0.29) is 11.6 Å². The Kier molecular flexibility index (Phi) is 5.91. The predicted molar refractivity (Wildman–Crippen MR) is 128 cm³/mol. The van der Waals surface area contributed by atoms with E-state index in [1.165, 1.54) is 18.4 Å². The predicted octanol–water partition coefficient (Wildman–Crippen LogP) is 5.17. The lowest BCUT2D eigenvalue weighted by Crippen LogP contribution is -2.30. The molecule has 0 aromatic heterocycles. The van der Waals surface area contributed by atoms with Crippen LogP contribution in [0.25, 0.3) is 6.08 Å². The highest BCUT2D eigenvalue weighted by atomic mass is 16.5. The molecule has 2 aliphatic heterocycles. The lowest BCUT2D eigenvalue weighted by atomic mass is 10.1. The zero-order valence-corrected chi connectivity index (χ0v) is 18.2. The van der Waals surface area contributed by atoms with Gasteiger partial charge in [0.25, 0.3) is 5.91 Å². The van der Waals surface area contributed by atoms with E-state index in [2.05, 4.69) is 22.3 Å². The summed E-state index contributed by atoms with van der Waals surface area (Å²) in [5, 5.41) is 2.69. The maximum absolute atomic E-state index is 12.9. The van der Waals surface area contributed by atoms with Gasteiger partial charge < -0.3 is 10.1 Å². The van der Waals surface area contributed by atoms with Crippen LogP contribution >= 0.6 is 0 Å². The Bertz CT molecular complexity index is 1170. The molecule has 0 aliphatic carbocycles. The molecular weight excluding hydrogens is 414 g/mol. The summed E-state index contributed by atoms with van der Waals surface area (Å²) in [7, 11) is 0. The van der Waals surface area contributed by atoms with Crippen LogP contribution in [0.4, 0.5) is 10.5 Å². The Labute approximate surface area is 193 Å². The van der Waals surface area contributed by atoms with Gasteiger partial charge in [0.15, 0.2) is 0 Å². The van der Waals surface area contributed by atoms with E-state index < -0.39 is 6.03 Å². The molecule has 0 spiro atoms. The van der Waals surface area contributed by atoms with E-state index >= 15 is 0 Å². The molecule has 166 valence electrons. The van der Waals surface area contributed by atoms with Crippen LogP contribution in [-0.4, -0.2) is 29.9 Å². The first-order valence-corrected chi connectivity index (χ1v) is 11.2. The quantitative estimate of drug-likeness (QED) is 0.425. The Balaban J connectivity index is 1.27. The minimum atomic E-state index is -0.464. The lowest BCUT2D eigenvalue weighted by Gasteiger charge is -2.14. The van der Waals surface area contributed by atoms with Crippen LogP contribution in [0.15, 0.2) is 84.6 Å². The van der Waals surface area contributed by atoms with E-state index in [0.717, 1.165) is 35.8 Å². The van der Waals surface area contributed by atoms with Crippen molar-refractivity contribution in [1.82, 2.24) is 10.2 Å². The maximum Gasteiger partial charge on any atom is 0.333 e. The molecule has 6 nitrogen and oxygen atoms in total. The highest BCUT2D eigenvalue weighted by Crippen LogP contribution is 2.27. The van der Waals surface area contributed by atoms with E-state index in [0.29, 0.717) is 11.4 Å². The molecule has 5 rings (SSSR count). The summed E-state index contributed by atoms with van der Waals surface area (Å²) in [5.74, 6) is 0.969. The third-order valence-corrected chi connectivity index (χ3v) is 5.85. The normalized spacial score (nSPS) is 17.6. The standard InChI is InChI=1S/C27H25N3O3/c31-26-25(18-20-8-10-21(11-9-20)19-29-16-4-5-17-29)28-27(32)30(26)22-12-14-24(15-13-22)33-23-6-2-1-3-7-23/h1-3,6-15,18H,4-5,16-17,19H2,(H,28,32)/b25-18+. The Morgan fingerprint density at radius 2 is 1.48 bits per heavy atom. The molecular formula is C27H25N3O3. The molecule has 0 radical (unpaired) electrons. The summed E-state index contributed by atoms with van der Waals surface area (Å²) in [5.41, 5.74) is 2.87. The summed E-state index contributed by atoms with van der Waals surface area (Å²) in [4.78, 5) is 29.0. The van der Waals surface area contributed by atoms with Crippen molar-refractivity contribution < 1.29 is 14.3 Å². The Hall–Kier alpha value is -3.90.